The van der Waals surface area contributed by atoms with Gasteiger partial charge >= 0.3 is 5.97 Å². The maximum atomic E-state index is 11.1. The lowest BCUT2D eigenvalue weighted by molar-refractivity contribution is -0.139. The third-order valence-electron chi connectivity index (χ3n) is 3.59. The van der Waals surface area contributed by atoms with Crippen LogP contribution in [0.25, 0.3) is 10.4 Å². The maximum absolute atomic E-state index is 11.1. The number of aliphatic carboxylic acids is 1. The number of carbonyl (C=O) groups is 1. The van der Waals surface area contributed by atoms with E-state index in [2.05, 4.69) is 15.5 Å². The third kappa shape index (κ3) is 4.72. The third-order valence-corrected chi connectivity index (χ3v) is 3.59. The molecule has 0 saturated heterocycles. The normalized spacial score (nSPS) is 23.3. The number of carboxylic acids is 1. The van der Waals surface area contributed by atoms with Gasteiger partial charge in [0, 0.05) is 10.8 Å². The Bertz CT molecular complexity index is 613. The van der Waals surface area contributed by atoms with Gasteiger partial charge in [0.25, 0.3) is 0 Å². The van der Waals surface area contributed by atoms with E-state index in [1.807, 2.05) is 37.3 Å². The van der Waals surface area contributed by atoms with E-state index in [9.17, 15) is 4.79 Å². The molecule has 0 saturated carbocycles. The Morgan fingerprint density at radius 3 is 2.87 bits per heavy atom. The summed E-state index contributed by atoms with van der Waals surface area (Å²) in [4.78, 5) is 19.2. The quantitative estimate of drug-likeness (QED) is 0.263. The van der Waals surface area contributed by atoms with Crippen LogP contribution in [0.15, 0.2) is 47.3 Å². The van der Waals surface area contributed by atoms with E-state index >= 15 is 0 Å². The van der Waals surface area contributed by atoms with Gasteiger partial charge < -0.3 is 9.84 Å². The number of nitrogens with zero attached hydrogens (tertiary/aromatic N) is 3. The molecule has 1 aliphatic heterocycles. The second-order valence-electron chi connectivity index (χ2n) is 5.17. The summed E-state index contributed by atoms with van der Waals surface area (Å²) >= 11 is 0. The van der Waals surface area contributed by atoms with E-state index < -0.39 is 18.1 Å². The fourth-order valence-electron chi connectivity index (χ4n) is 2.23. The summed E-state index contributed by atoms with van der Waals surface area (Å²) < 4.78 is 5.42. The molecule has 2 N–H and O–H groups in total. The van der Waals surface area contributed by atoms with Crippen LogP contribution in [-0.4, -0.2) is 29.8 Å². The molecule has 2 rings (SSSR count). The molecule has 0 bridgehead atoms. The molecule has 8 nitrogen and oxygen atoms in total. The van der Waals surface area contributed by atoms with Crippen LogP contribution in [0.3, 0.4) is 0 Å². The predicted octanol–water partition coefficient (Wildman–Crippen LogP) is 2.39. The van der Waals surface area contributed by atoms with Gasteiger partial charge in [-0.25, -0.2) is 4.79 Å². The van der Waals surface area contributed by atoms with Gasteiger partial charge in [0.15, 0.2) is 0 Å². The van der Waals surface area contributed by atoms with Gasteiger partial charge in [0.05, 0.1) is 19.2 Å². The molecule has 2 unspecified atom stereocenters. The van der Waals surface area contributed by atoms with Gasteiger partial charge in [0.1, 0.15) is 6.10 Å². The van der Waals surface area contributed by atoms with Crippen LogP contribution in [0.4, 0.5) is 0 Å². The van der Waals surface area contributed by atoms with Crippen LogP contribution in [0.2, 0.25) is 0 Å². The van der Waals surface area contributed by atoms with Gasteiger partial charge in [-0.3, -0.25) is 4.84 Å². The summed E-state index contributed by atoms with van der Waals surface area (Å²) in [7, 11) is 0. The molecule has 1 aromatic rings. The predicted molar refractivity (Wildman–Crippen MR) is 81.9 cm³/mol. The van der Waals surface area contributed by atoms with Crippen LogP contribution in [0.1, 0.15) is 12.5 Å². The monoisotopic (exact) mass is 318 g/mol. The first-order valence-corrected chi connectivity index (χ1v) is 7.16. The first-order valence-electron chi connectivity index (χ1n) is 7.16. The second-order valence-corrected chi connectivity index (χ2v) is 5.17. The molecule has 1 aliphatic rings. The van der Waals surface area contributed by atoms with E-state index in [4.69, 9.17) is 20.2 Å². The number of nitrogens with one attached hydrogen (secondary N) is 1. The molecule has 3 atom stereocenters. The summed E-state index contributed by atoms with van der Waals surface area (Å²) in [5.74, 6) is -1.58. The van der Waals surface area contributed by atoms with E-state index in [0.717, 1.165) is 5.56 Å². The van der Waals surface area contributed by atoms with Crippen LogP contribution < -0.4 is 5.48 Å². The highest BCUT2D eigenvalue weighted by Crippen LogP contribution is 2.25. The van der Waals surface area contributed by atoms with Crippen LogP contribution in [-0.2, 0) is 21.0 Å². The number of hydrogen-bond acceptors (Lipinski definition) is 5. The highest BCUT2D eigenvalue weighted by Gasteiger charge is 2.33. The largest absolute Gasteiger partial charge is 0.482 e. The van der Waals surface area contributed by atoms with Crippen molar-refractivity contribution in [3.63, 3.8) is 0 Å². The molecular formula is C15H18N4O4. The number of rotatable bonds is 7. The van der Waals surface area contributed by atoms with E-state index in [1.54, 1.807) is 0 Å². The summed E-state index contributed by atoms with van der Waals surface area (Å²) in [6.45, 7) is 2.48. The van der Waals surface area contributed by atoms with Crippen molar-refractivity contribution >= 4 is 5.97 Å². The van der Waals surface area contributed by atoms with Crippen molar-refractivity contribution in [2.75, 3.05) is 6.54 Å². The number of benzene rings is 1. The average molecular weight is 318 g/mol. The molecule has 8 heteroatoms. The molecule has 0 aliphatic carbocycles. The first-order chi connectivity index (χ1) is 11.1. The van der Waals surface area contributed by atoms with E-state index in [0.29, 0.717) is 6.61 Å². The standard InChI is InChI=1S/C15H18N4O4/c1-10-12(18-19-16)7-13(15(20)21)23-14(10)8-17-22-9-11-5-3-2-4-6-11/h2-7,10,12,14,17H,8-9H2,1H3,(H,20,21)/t10-,12?,14?/m1/s1. The average Bonchev–Trinajstić information content (AvgIpc) is 2.55. The maximum Gasteiger partial charge on any atom is 0.370 e. The van der Waals surface area contributed by atoms with Crippen molar-refractivity contribution < 1.29 is 19.5 Å². The summed E-state index contributed by atoms with van der Waals surface area (Å²) in [6, 6.07) is 9.05. The SMILES string of the molecule is C[C@@H]1C(N=[N+]=[N-])C=C(C(=O)O)OC1CNOCc1ccccc1. The minimum Gasteiger partial charge on any atom is -0.482 e. The molecule has 0 aromatic heterocycles. The van der Waals surface area contributed by atoms with Crippen molar-refractivity contribution in [2.45, 2.75) is 25.7 Å². The molecule has 122 valence electrons. The number of hydroxylamine groups is 1. The summed E-state index contributed by atoms with van der Waals surface area (Å²) in [5, 5.41) is 12.7. The van der Waals surface area contributed by atoms with Crippen molar-refractivity contribution in [1.29, 1.82) is 0 Å². The Hall–Kier alpha value is -2.54. The minimum absolute atomic E-state index is 0.179. The molecule has 23 heavy (non-hydrogen) atoms. The van der Waals surface area contributed by atoms with Crippen molar-refractivity contribution in [1.82, 2.24) is 5.48 Å². The van der Waals surface area contributed by atoms with Crippen LogP contribution >= 0.6 is 0 Å². The summed E-state index contributed by atoms with van der Waals surface area (Å²) in [6.07, 6.45) is 0.853. The first kappa shape index (κ1) is 16.8. The van der Waals surface area contributed by atoms with Gasteiger partial charge in [-0.1, -0.05) is 42.4 Å². The number of azide groups is 1. The van der Waals surface area contributed by atoms with Crippen LogP contribution in [0.5, 0.6) is 0 Å². The molecule has 1 aromatic carbocycles. The molecule has 0 amide bonds. The van der Waals surface area contributed by atoms with Gasteiger partial charge in [-0.2, -0.15) is 5.48 Å². The van der Waals surface area contributed by atoms with Gasteiger partial charge in [-0.05, 0) is 17.2 Å². The molecular weight excluding hydrogens is 300 g/mol. The Morgan fingerprint density at radius 1 is 1.48 bits per heavy atom. The lowest BCUT2D eigenvalue weighted by Crippen LogP contribution is -2.41. The highest BCUT2D eigenvalue weighted by atomic mass is 16.6. The highest BCUT2D eigenvalue weighted by molar-refractivity contribution is 5.84. The zero-order chi connectivity index (χ0) is 16.7. The van der Waals surface area contributed by atoms with Gasteiger partial charge in [-0.15, -0.1) is 0 Å². The molecule has 1 heterocycles. The molecule has 0 spiro atoms. The number of hydrogen-bond donors (Lipinski definition) is 2. The van der Waals surface area contributed by atoms with E-state index in [1.165, 1.54) is 6.08 Å². The molecule has 0 radical (unpaired) electrons. The number of ether oxygens (including phenoxy) is 1. The Labute approximate surface area is 133 Å². The van der Waals surface area contributed by atoms with Gasteiger partial charge in [0.2, 0.25) is 5.76 Å². The van der Waals surface area contributed by atoms with Crippen molar-refractivity contribution in [2.24, 2.45) is 11.0 Å². The zero-order valence-electron chi connectivity index (χ0n) is 12.6. The smallest absolute Gasteiger partial charge is 0.370 e. The van der Waals surface area contributed by atoms with E-state index in [-0.39, 0.29) is 18.2 Å². The Kier molecular flexibility index (Phi) is 5.99. The topological polar surface area (TPSA) is 117 Å². The number of carboxylic acid groups (broad SMARTS) is 1. The minimum atomic E-state index is -1.19. The zero-order valence-corrected chi connectivity index (χ0v) is 12.6. The second kappa shape index (κ2) is 8.19. The fraction of sp³-hybridized carbons (Fsp3) is 0.400. The Balaban J connectivity index is 1.89. The van der Waals surface area contributed by atoms with Crippen molar-refractivity contribution in [3.8, 4) is 0 Å². The van der Waals surface area contributed by atoms with Crippen LogP contribution in [0, 0.1) is 5.92 Å². The lowest BCUT2D eigenvalue weighted by Gasteiger charge is -2.32. The van der Waals surface area contributed by atoms with Crippen molar-refractivity contribution in [3.05, 3.63) is 58.2 Å². The molecule has 0 fully saturated rings. The summed E-state index contributed by atoms with van der Waals surface area (Å²) in [5.41, 5.74) is 12.4. The Morgan fingerprint density at radius 2 is 2.22 bits per heavy atom. The fourth-order valence-corrected chi connectivity index (χ4v) is 2.23. The lowest BCUT2D eigenvalue weighted by atomic mass is 9.93.